The van der Waals surface area contributed by atoms with E-state index in [1.807, 2.05) is 0 Å². The normalized spacial score (nSPS) is 22.3. The maximum atomic E-state index is 11.3. The molecule has 7 nitrogen and oxygen atoms in total. The summed E-state index contributed by atoms with van der Waals surface area (Å²) in [4.78, 5) is 23.0. The Labute approximate surface area is 110 Å². The van der Waals surface area contributed by atoms with Crippen molar-refractivity contribution in [1.82, 2.24) is 4.90 Å². The van der Waals surface area contributed by atoms with E-state index in [1.54, 1.807) is 19.9 Å². The van der Waals surface area contributed by atoms with Crippen LogP contribution in [0.5, 0.6) is 0 Å². The Bertz CT molecular complexity index is 481. The van der Waals surface area contributed by atoms with Crippen LogP contribution in [-0.4, -0.2) is 39.4 Å². The van der Waals surface area contributed by atoms with Gasteiger partial charge >= 0.3 is 12.1 Å². The van der Waals surface area contributed by atoms with Gasteiger partial charge in [-0.15, -0.1) is 0 Å². The van der Waals surface area contributed by atoms with Gasteiger partial charge in [0, 0.05) is 12.1 Å². The average Bonchev–Trinajstić information content (AvgIpc) is 2.64. The molecule has 1 heterocycles. The summed E-state index contributed by atoms with van der Waals surface area (Å²) in [5.41, 5.74) is -0.165. The second-order valence-electron chi connectivity index (χ2n) is 4.49. The molecule has 1 atom stereocenters. The van der Waals surface area contributed by atoms with Gasteiger partial charge in [-0.05, 0) is 33.3 Å². The summed E-state index contributed by atoms with van der Waals surface area (Å²) in [6, 6.07) is 0. The highest BCUT2D eigenvalue weighted by Gasteiger charge is 2.35. The van der Waals surface area contributed by atoms with Gasteiger partial charge in [-0.2, -0.15) is 10.2 Å². The Morgan fingerprint density at radius 2 is 2.11 bits per heavy atom. The predicted molar refractivity (Wildman–Crippen MR) is 67.8 cm³/mol. The van der Waals surface area contributed by atoms with E-state index in [-0.39, 0.29) is 12.1 Å². The zero-order valence-corrected chi connectivity index (χ0v) is 11.1. The van der Waals surface area contributed by atoms with E-state index in [4.69, 9.17) is 5.11 Å². The number of amides is 1. The minimum absolute atomic E-state index is 0.152. The Morgan fingerprint density at radius 3 is 2.53 bits per heavy atom. The van der Waals surface area contributed by atoms with Gasteiger partial charge in [-0.1, -0.05) is 6.08 Å². The lowest BCUT2D eigenvalue weighted by Gasteiger charge is -2.30. The van der Waals surface area contributed by atoms with E-state index in [1.165, 1.54) is 13.0 Å². The Hall–Kier alpha value is -2.18. The molecule has 1 amide bonds. The number of carboxylic acid groups (broad SMARTS) is 2. The van der Waals surface area contributed by atoms with E-state index in [0.29, 0.717) is 12.1 Å². The van der Waals surface area contributed by atoms with Gasteiger partial charge in [0.05, 0.1) is 5.70 Å². The molecule has 0 saturated heterocycles. The Balaban J connectivity index is 2.76. The number of hydrogen-bond acceptors (Lipinski definition) is 4. The monoisotopic (exact) mass is 267 g/mol. The minimum Gasteiger partial charge on any atom is -0.478 e. The highest BCUT2D eigenvalue weighted by atomic mass is 16.4. The first kappa shape index (κ1) is 14.9. The molecule has 2 N–H and O–H groups in total. The lowest BCUT2D eigenvalue weighted by molar-refractivity contribution is -0.132. The van der Waals surface area contributed by atoms with E-state index < -0.39 is 17.7 Å². The van der Waals surface area contributed by atoms with Gasteiger partial charge in [0.15, 0.2) is 5.66 Å². The zero-order valence-electron chi connectivity index (χ0n) is 11.1. The lowest BCUT2D eigenvalue weighted by atomic mass is 10.1. The van der Waals surface area contributed by atoms with Crippen molar-refractivity contribution in [2.24, 2.45) is 10.2 Å². The molecule has 0 aromatic heterocycles. The predicted octanol–water partition coefficient (Wildman–Crippen LogP) is 2.47. The summed E-state index contributed by atoms with van der Waals surface area (Å²) in [7, 11) is 0. The van der Waals surface area contributed by atoms with E-state index in [0.717, 1.165) is 4.90 Å². The fraction of sp³-hybridized carbons (Fsp3) is 0.500. The molecule has 7 heteroatoms. The largest absolute Gasteiger partial charge is 0.478 e. The molecule has 0 aliphatic carbocycles. The molecule has 0 bridgehead atoms. The van der Waals surface area contributed by atoms with Crippen LogP contribution in [0.15, 0.2) is 33.7 Å². The molecule has 104 valence electrons. The van der Waals surface area contributed by atoms with Crippen LogP contribution in [0.4, 0.5) is 4.79 Å². The van der Waals surface area contributed by atoms with Crippen LogP contribution >= 0.6 is 0 Å². The number of carbonyl (C=O) groups is 2. The molecule has 0 spiro atoms. The van der Waals surface area contributed by atoms with E-state index in [9.17, 15) is 14.7 Å². The minimum atomic E-state index is -1.12. The summed E-state index contributed by atoms with van der Waals surface area (Å²) < 4.78 is 0. The molecule has 0 aromatic carbocycles. The summed E-state index contributed by atoms with van der Waals surface area (Å²) in [5.74, 6) is -1.01. The average molecular weight is 267 g/mol. The third-order valence-corrected chi connectivity index (χ3v) is 2.81. The fourth-order valence-corrected chi connectivity index (χ4v) is 1.78. The second kappa shape index (κ2) is 5.64. The third-order valence-electron chi connectivity index (χ3n) is 2.81. The lowest BCUT2D eigenvalue weighted by Crippen LogP contribution is -2.46. The number of hydrogen-bond donors (Lipinski definition) is 2. The van der Waals surface area contributed by atoms with Gasteiger partial charge in [-0.3, -0.25) is 4.90 Å². The maximum absolute atomic E-state index is 11.3. The maximum Gasteiger partial charge on any atom is 0.409 e. The molecule has 0 saturated carbocycles. The van der Waals surface area contributed by atoms with Gasteiger partial charge in [0.1, 0.15) is 0 Å². The molecule has 19 heavy (non-hydrogen) atoms. The Morgan fingerprint density at radius 1 is 1.47 bits per heavy atom. The van der Waals surface area contributed by atoms with Crippen LogP contribution in [0.2, 0.25) is 0 Å². The topological polar surface area (TPSA) is 103 Å². The molecule has 0 radical (unpaired) electrons. The third kappa shape index (κ3) is 3.64. The number of azo groups is 1. The summed E-state index contributed by atoms with van der Waals surface area (Å²) in [5, 5.41) is 25.7. The van der Waals surface area contributed by atoms with Crippen LogP contribution < -0.4 is 0 Å². The molecule has 1 aliphatic rings. The van der Waals surface area contributed by atoms with E-state index >= 15 is 0 Å². The summed E-state index contributed by atoms with van der Waals surface area (Å²) in [6.45, 7) is 5.01. The summed E-state index contributed by atoms with van der Waals surface area (Å²) >= 11 is 0. The van der Waals surface area contributed by atoms with E-state index in [2.05, 4.69) is 10.2 Å². The number of carboxylic acids is 1. The number of allylic oxidation sites excluding steroid dienone is 1. The standard InChI is InChI=1S/C12H17N3O4/c1-8(10(16)17)5-4-6-15(11(18)19)12(3)7-9(2)13-14-12/h5,7H,4,6H2,1-3H3,(H,16,17)(H,18,19)/b8-5+. The van der Waals surface area contributed by atoms with Crippen LogP contribution in [0, 0.1) is 0 Å². The summed E-state index contributed by atoms with van der Waals surface area (Å²) in [6.07, 6.45) is 2.34. The number of aliphatic carboxylic acids is 1. The van der Waals surface area contributed by atoms with Gasteiger partial charge in [-0.25, -0.2) is 9.59 Å². The zero-order chi connectivity index (χ0) is 14.6. The van der Waals surface area contributed by atoms with Gasteiger partial charge in [0.25, 0.3) is 0 Å². The molecule has 1 unspecified atom stereocenters. The van der Waals surface area contributed by atoms with Gasteiger partial charge in [0.2, 0.25) is 0 Å². The number of rotatable bonds is 5. The SMILES string of the molecule is CC1=CC(C)(N(CC/C=C(\C)C(=O)O)C(=O)O)N=N1. The van der Waals surface area contributed by atoms with Crippen molar-refractivity contribution in [2.45, 2.75) is 32.9 Å². The quantitative estimate of drug-likeness (QED) is 0.747. The van der Waals surface area contributed by atoms with Crippen LogP contribution in [-0.2, 0) is 4.79 Å². The first-order chi connectivity index (χ1) is 8.76. The molecule has 1 rings (SSSR count). The fourth-order valence-electron chi connectivity index (χ4n) is 1.78. The highest BCUT2D eigenvalue weighted by Crippen LogP contribution is 2.27. The smallest absolute Gasteiger partial charge is 0.409 e. The highest BCUT2D eigenvalue weighted by molar-refractivity contribution is 5.85. The van der Waals surface area contributed by atoms with Crippen molar-refractivity contribution >= 4 is 12.1 Å². The molecule has 0 fully saturated rings. The van der Waals surface area contributed by atoms with Gasteiger partial charge < -0.3 is 10.2 Å². The van der Waals surface area contributed by atoms with Crippen LogP contribution in [0.3, 0.4) is 0 Å². The molecular weight excluding hydrogens is 250 g/mol. The molecule has 1 aliphatic heterocycles. The van der Waals surface area contributed by atoms with Crippen molar-refractivity contribution in [3.63, 3.8) is 0 Å². The van der Waals surface area contributed by atoms with Crippen molar-refractivity contribution in [1.29, 1.82) is 0 Å². The van der Waals surface area contributed by atoms with Crippen molar-refractivity contribution in [3.8, 4) is 0 Å². The van der Waals surface area contributed by atoms with Crippen LogP contribution in [0.25, 0.3) is 0 Å². The van der Waals surface area contributed by atoms with Crippen LogP contribution in [0.1, 0.15) is 27.2 Å². The van der Waals surface area contributed by atoms with Crippen molar-refractivity contribution < 1.29 is 19.8 Å². The Kier molecular flexibility index (Phi) is 4.42. The number of nitrogens with zero attached hydrogens (tertiary/aromatic N) is 3. The molecular formula is C12H17N3O4. The first-order valence-electron chi connectivity index (χ1n) is 5.79. The first-order valence-corrected chi connectivity index (χ1v) is 5.79. The second-order valence-corrected chi connectivity index (χ2v) is 4.49. The van der Waals surface area contributed by atoms with Crippen molar-refractivity contribution in [3.05, 3.63) is 23.4 Å². The van der Waals surface area contributed by atoms with Crippen molar-refractivity contribution in [2.75, 3.05) is 6.54 Å². The molecule has 0 aromatic rings.